The van der Waals surface area contributed by atoms with Crippen LogP contribution in [0, 0.1) is 5.41 Å². The molecule has 0 saturated heterocycles. The molecule has 1 N–H and O–H groups in total. The molecule has 1 aromatic carbocycles. The monoisotopic (exact) mass is 275 g/mol. The molecule has 0 radical (unpaired) electrons. The van der Waals surface area contributed by atoms with Crippen molar-refractivity contribution in [3.8, 4) is 5.75 Å². The summed E-state index contributed by atoms with van der Waals surface area (Å²) in [6.07, 6.45) is 1.19. The van der Waals surface area contributed by atoms with Gasteiger partial charge in [-0.25, -0.2) is 0 Å². The summed E-state index contributed by atoms with van der Waals surface area (Å²) in [7, 11) is 0. The molecule has 0 fully saturated rings. The third-order valence-corrected chi connectivity index (χ3v) is 3.37. The van der Waals surface area contributed by atoms with E-state index in [-0.39, 0.29) is 16.9 Å². The summed E-state index contributed by atoms with van der Waals surface area (Å²) >= 11 is 0. The van der Waals surface area contributed by atoms with Gasteiger partial charge in [-0.2, -0.15) is 0 Å². The topological polar surface area (TPSA) is 38.3 Å². The van der Waals surface area contributed by atoms with E-state index >= 15 is 0 Å². The van der Waals surface area contributed by atoms with Crippen LogP contribution in [0.2, 0.25) is 0 Å². The number of para-hydroxylation sites is 1. The lowest BCUT2D eigenvalue weighted by atomic mass is 9.81. The number of hydrogen-bond acceptors (Lipinski definition) is 2. The molecule has 1 aliphatic heterocycles. The van der Waals surface area contributed by atoms with E-state index in [1.807, 2.05) is 24.3 Å². The SMILES string of the molecule is CC(C)(C)CC(C)(C)NC(=O)C1Cc2ccccc2O1. The molecule has 0 aliphatic carbocycles. The number of carbonyl (C=O) groups excluding carboxylic acids is 1. The first-order valence-electron chi connectivity index (χ1n) is 7.23. The fourth-order valence-corrected chi connectivity index (χ4v) is 3.11. The molecule has 0 saturated carbocycles. The van der Waals surface area contributed by atoms with Gasteiger partial charge in [0.05, 0.1) is 0 Å². The minimum Gasteiger partial charge on any atom is -0.480 e. The van der Waals surface area contributed by atoms with Crippen molar-refractivity contribution in [3.63, 3.8) is 0 Å². The van der Waals surface area contributed by atoms with Crippen molar-refractivity contribution in [2.24, 2.45) is 5.41 Å². The molecule has 1 aromatic rings. The smallest absolute Gasteiger partial charge is 0.261 e. The van der Waals surface area contributed by atoms with Crippen molar-refractivity contribution in [1.29, 1.82) is 0 Å². The highest BCUT2D eigenvalue weighted by Crippen LogP contribution is 2.30. The fourth-order valence-electron chi connectivity index (χ4n) is 3.11. The van der Waals surface area contributed by atoms with Gasteiger partial charge in [0.15, 0.2) is 6.10 Å². The number of nitrogens with one attached hydrogen (secondary N) is 1. The molecule has 20 heavy (non-hydrogen) atoms. The lowest BCUT2D eigenvalue weighted by molar-refractivity contribution is -0.129. The summed E-state index contributed by atoms with van der Waals surface area (Å²) in [6.45, 7) is 10.7. The van der Waals surface area contributed by atoms with Gasteiger partial charge in [-0.1, -0.05) is 39.0 Å². The lowest BCUT2D eigenvalue weighted by Crippen LogP contribution is -2.50. The van der Waals surface area contributed by atoms with Gasteiger partial charge in [-0.05, 0) is 37.3 Å². The molecule has 2 rings (SSSR count). The Hall–Kier alpha value is -1.51. The van der Waals surface area contributed by atoms with Crippen LogP contribution in [0.4, 0.5) is 0 Å². The quantitative estimate of drug-likeness (QED) is 0.919. The third kappa shape index (κ3) is 3.75. The Morgan fingerprint density at radius 2 is 1.90 bits per heavy atom. The Bertz CT molecular complexity index is 475. The maximum absolute atomic E-state index is 12.4. The highest BCUT2D eigenvalue weighted by molar-refractivity contribution is 5.83. The number of amides is 1. The van der Waals surface area contributed by atoms with Crippen LogP contribution in [0.3, 0.4) is 0 Å². The Morgan fingerprint density at radius 1 is 1.25 bits per heavy atom. The Kier molecular flexibility index (Phi) is 3.81. The van der Waals surface area contributed by atoms with Gasteiger partial charge < -0.3 is 10.1 Å². The first-order chi connectivity index (χ1) is 9.16. The normalized spacial score (nSPS) is 18.4. The summed E-state index contributed by atoms with van der Waals surface area (Å²) < 4.78 is 5.73. The summed E-state index contributed by atoms with van der Waals surface area (Å²) in [5, 5.41) is 3.13. The van der Waals surface area contributed by atoms with Crippen LogP contribution in [-0.2, 0) is 11.2 Å². The first kappa shape index (κ1) is 14.9. The van der Waals surface area contributed by atoms with E-state index in [4.69, 9.17) is 4.74 Å². The third-order valence-electron chi connectivity index (χ3n) is 3.37. The average Bonchev–Trinajstić information content (AvgIpc) is 2.68. The largest absolute Gasteiger partial charge is 0.480 e. The summed E-state index contributed by atoms with van der Waals surface area (Å²) in [5.74, 6) is 0.816. The first-order valence-corrected chi connectivity index (χ1v) is 7.23. The number of rotatable bonds is 3. The molecule has 1 atom stereocenters. The Labute approximate surface area is 121 Å². The van der Waals surface area contributed by atoms with Gasteiger partial charge in [-0.15, -0.1) is 0 Å². The molecule has 3 heteroatoms. The summed E-state index contributed by atoms with van der Waals surface area (Å²) in [4.78, 5) is 12.4. The minimum atomic E-state index is -0.397. The molecule has 0 aromatic heterocycles. The van der Waals surface area contributed by atoms with Crippen molar-refractivity contribution in [2.75, 3.05) is 0 Å². The van der Waals surface area contributed by atoms with Crippen LogP contribution in [0.25, 0.3) is 0 Å². The van der Waals surface area contributed by atoms with Gasteiger partial charge in [0.1, 0.15) is 5.75 Å². The van der Waals surface area contributed by atoms with E-state index < -0.39 is 6.10 Å². The van der Waals surface area contributed by atoms with Crippen molar-refractivity contribution in [2.45, 2.75) is 59.1 Å². The van der Waals surface area contributed by atoms with Crippen LogP contribution in [0.5, 0.6) is 5.75 Å². The molecule has 1 unspecified atom stereocenters. The van der Waals surface area contributed by atoms with E-state index in [2.05, 4.69) is 39.9 Å². The molecular formula is C17H25NO2. The second-order valence-electron chi connectivity index (χ2n) is 7.53. The molecule has 0 spiro atoms. The maximum Gasteiger partial charge on any atom is 0.261 e. The van der Waals surface area contributed by atoms with Crippen molar-refractivity contribution >= 4 is 5.91 Å². The van der Waals surface area contributed by atoms with Crippen LogP contribution in [0.15, 0.2) is 24.3 Å². The van der Waals surface area contributed by atoms with E-state index in [1.54, 1.807) is 0 Å². The van der Waals surface area contributed by atoms with Crippen molar-refractivity contribution < 1.29 is 9.53 Å². The summed E-state index contributed by atoms with van der Waals surface area (Å²) in [6, 6.07) is 7.85. The van der Waals surface area contributed by atoms with Gasteiger partial charge in [0.2, 0.25) is 0 Å². The zero-order valence-corrected chi connectivity index (χ0v) is 13.1. The van der Waals surface area contributed by atoms with Crippen LogP contribution < -0.4 is 10.1 Å². The lowest BCUT2D eigenvalue weighted by Gasteiger charge is -2.34. The average molecular weight is 275 g/mol. The molecule has 0 bridgehead atoms. The van der Waals surface area contributed by atoms with Crippen LogP contribution >= 0.6 is 0 Å². The molecular weight excluding hydrogens is 250 g/mol. The van der Waals surface area contributed by atoms with Crippen LogP contribution in [0.1, 0.15) is 46.6 Å². The van der Waals surface area contributed by atoms with Crippen molar-refractivity contribution in [3.05, 3.63) is 29.8 Å². The van der Waals surface area contributed by atoms with Crippen LogP contribution in [-0.4, -0.2) is 17.6 Å². The number of carbonyl (C=O) groups is 1. The zero-order chi connectivity index (χ0) is 15.0. The zero-order valence-electron chi connectivity index (χ0n) is 13.1. The second-order valence-corrected chi connectivity index (χ2v) is 7.53. The second kappa shape index (κ2) is 5.12. The van der Waals surface area contributed by atoms with Crippen molar-refractivity contribution in [1.82, 2.24) is 5.32 Å². The highest BCUT2D eigenvalue weighted by Gasteiger charge is 2.33. The van der Waals surface area contributed by atoms with Gasteiger partial charge in [-0.3, -0.25) is 4.79 Å². The molecule has 3 nitrogen and oxygen atoms in total. The number of fused-ring (bicyclic) bond motifs is 1. The Balaban J connectivity index is 1.97. The number of hydrogen-bond donors (Lipinski definition) is 1. The minimum absolute atomic E-state index is 0.0181. The molecule has 1 aliphatic rings. The van der Waals surface area contributed by atoms with Gasteiger partial charge >= 0.3 is 0 Å². The highest BCUT2D eigenvalue weighted by atomic mass is 16.5. The van der Waals surface area contributed by atoms with E-state index in [9.17, 15) is 4.79 Å². The van der Waals surface area contributed by atoms with E-state index in [0.717, 1.165) is 17.7 Å². The molecule has 1 heterocycles. The molecule has 110 valence electrons. The maximum atomic E-state index is 12.4. The number of ether oxygens (including phenoxy) is 1. The number of benzene rings is 1. The summed E-state index contributed by atoms with van der Waals surface area (Å²) in [5.41, 5.74) is 1.06. The Morgan fingerprint density at radius 3 is 2.50 bits per heavy atom. The van der Waals surface area contributed by atoms with Gasteiger partial charge in [0.25, 0.3) is 5.91 Å². The predicted octanol–water partition coefficient (Wildman–Crippen LogP) is 3.32. The van der Waals surface area contributed by atoms with E-state index in [1.165, 1.54) is 0 Å². The predicted molar refractivity (Wildman–Crippen MR) is 80.9 cm³/mol. The van der Waals surface area contributed by atoms with Gasteiger partial charge in [0, 0.05) is 12.0 Å². The van der Waals surface area contributed by atoms with E-state index in [0.29, 0.717) is 6.42 Å². The standard InChI is InChI=1S/C17H25NO2/c1-16(2,3)11-17(4,5)18-15(19)14-10-12-8-6-7-9-13(12)20-14/h6-9,14H,10-11H2,1-5H3,(H,18,19). The molecule has 1 amide bonds. The fraction of sp³-hybridized carbons (Fsp3) is 0.588.